The SMILES string of the molecule is CC(=O)Nc1ccc(O)c(CC(C)C)c1. The molecule has 0 heterocycles. The van der Waals surface area contributed by atoms with Crippen molar-refractivity contribution in [3.63, 3.8) is 0 Å². The number of rotatable bonds is 3. The summed E-state index contributed by atoms with van der Waals surface area (Å²) in [6.45, 7) is 5.64. The van der Waals surface area contributed by atoms with E-state index in [4.69, 9.17) is 0 Å². The van der Waals surface area contributed by atoms with Crippen molar-refractivity contribution in [2.24, 2.45) is 5.92 Å². The van der Waals surface area contributed by atoms with Gasteiger partial charge in [0.1, 0.15) is 5.75 Å². The molecule has 1 aromatic carbocycles. The Labute approximate surface area is 90.1 Å². The van der Waals surface area contributed by atoms with E-state index in [9.17, 15) is 9.90 Å². The number of anilines is 1. The lowest BCUT2D eigenvalue weighted by molar-refractivity contribution is -0.114. The van der Waals surface area contributed by atoms with Crippen molar-refractivity contribution >= 4 is 11.6 Å². The quantitative estimate of drug-likeness (QED) is 0.748. The number of hydrogen-bond acceptors (Lipinski definition) is 2. The van der Waals surface area contributed by atoms with Gasteiger partial charge in [-0.1, -0.05) is 13.8 Å². The standard InChI is InChI=1S/C12H17NO2/c1-8(2)6-10-7-11(13-9(3)14)4-5-12(10)15/h4-5,7-8,15H,6H2,1-3H3,(H,13,14). The fraction of sp³-hybridized carbons (Fsp3) is 0.417. The minimum Gasteiger partial charge on any atom is -0.508 e. The van der Waals surface area contributed by atoms with Crippen LogP contribution in [-0.2, 0) is 11.2 Å². The Balaban J connectivity index is 2.89. The third-order valence-corrected chi connectivity index (χ3v) is 2.03. The van der Waals surface area contributed by atoms with E-state index in [2.05, 4.69) is 19.2 Å². The summed E-state index contributed by atoms with van der Waals surface area (Å²) in [4.78, 5) is 10.9. The number of phenols is 1. The predicted octanol–water partition coefficient (Wildman–Crippen LogP) is 2.55. The molecule has 1 amide bonds. The molecule has 2 N–H and O–H groups in total. The van der Waals surface area contributed by atoms with Gasteiger partial charge < -0.3 is 10.4 Å². The molecule has 0 radical (unpaired) electrons. The first-order valence-corrected chi connectivity index (χ1v) is 5.08. The monoisotopic (exact) mass is 207 g/mol. The van der Waals surface area contributed by atoms with Crippen LogP contribution in [0.15, 0.2) is 18.2 Å². The molecule has 0 fully saturated rings. The third-order valence-electron chi connectivity index (χ3n) is 2.03. The second kappa shape index (κ2) is 4.82. The van der Waals surface area contributed by atoms with Gasteiger partial charge in [0.25, 0.3) is 0 Å². The van der Waals surface area contributed by atoms with Crippen LogP contribution in [0.5, 0.6) is 5.75 Å². The average Bonchev–Trinajstić information content (AvgIpc) is 2.09. The Kier molecular flexibility index (Phi) is 3.72. The molecule has 0 bridgehead atoms. The number of hydrogen-bond donors (Lipinski definition) is 2. The highest BCUT2D eigenvalue weighted by Gasteiger charge is 2.05. The number of benzene rings is 1. The lowest BCUT2D eigenvalue weighted by atomic mass is 10.0. The molecule has 0 saturated heterocycles. The molecule has 0 aliphatic carbocycles. The van der Waals surface area contributed by atoms with Crippen molar-refractivity contribution in [2.75, 3.05) is 5.32 Å². The number of amides is 1. The van der Waals surface area contributed by atoms with E-state index in [-0.39, 0.29) is 11.7 Å². The number of aromatic hydroxyl groups is 1. The largest absolute Gasteiger partial charge is 0.508 e. The highest BCUT2D eigenvalue weighted by atomic mass is 16.3. The van der Waals surface area contributed by atoms with Gasteiger partial charge >= 0.3 is 0 Å². The van der Waals surface area contributed by atoms with Crippen molar-refractivity contribution in [1.82, 2.24) is 0 Å². The fourth-order valence-corrected chi connectivity index (χ4v) is 1.47. The Morgan fingerprint density at radius 1 is 1.47 bits per heavy atom. The maximum atomic E-state index is 10.9. The van der Waals surface area contributed by atoms with Crippen LogP contribution >= 0.6 is 0 Å². The van der Waals surface area contributed by atoms with E-state index in [0.29, 0.717) is 5.92 Å². The zero-order valence-electron chi connectivity index (χ0n) is 9.37. The van der Waals surface area contributed by atoms with Crippen molar-refractivity contribution in [3.05, 3.63) is 23.8 Å². The van der Waals surface area contributed by atoms with Gasteiger partial charge in [0.15, 0.2) is 0 Å². The molecular weight excluding hydrogens is 190 g/mol. The van der Waals surface area contributed by atoms with Crippen LogP contribution in [0.25, 0.3) is 0 Å². The van der Waals surface area contributed by atoms with Crippen LogP contribution < -0.4 is 5.32 Å². The van der Waals surface area contributed by atoms with Crippen LogP contribution in [-0.4, -0.2) is 11.0 Å². The summed E-state index contributed by atoms with van der Waals surface area (Å²) in [5.41, 5.74) is 1.60. The van der Waals surface area contributed by atoms with E-state index in [1.54, 1.807) is 12.1 Å². The minimum atomic E-state index is -0.101. The van der Waals surface area contributed by atoms with Gasteiger partial charge in [-0.2, -0.15) is 0 Å². The van der Waals surface area contributed by atoms with Gasteiger partial charge in [0.05, 0.1) is 0 Å². The Hall–Kier alpha value is -1.51. The maximum Gasteiger partial charge on any atom is 0.221 e. The molecule has 0 saturated carbocycles. The predicted molar refractivity (Wildman–Crippen MR) is 61.0 cm³/mol. The maximum absolute atomic E-state index is 10.9. The van der Waals surface area contributed by atoms with Crippen molar-refractivity contribution in [2.45, 2.75) is 27.2 Å². The Morgan fingerprint density at radius 2 is 2.13 bits per heavy atom. The molecule has 15 heavy (non-hydrogen) atoms. The normalized spacial score (nSPS) is 10.4. The smallest absolute Gasteiger partial charge is 0.221 e. The first kappa shape index (κ1) is 11.6. The Morgan fingerprint density at radius 3 is 2.67 bits per heavy atom. The molecular formula is C12H17NO2. The topological polar surface area (TPSA) is 49.3 Å². The van der Waals surface area contributed by atoms with Gasteiger partial charge in [-0.3, -0.25) is 4.79 Å². The molecule has 82 valence electrons. The van der Waals surface area contributed by atoms with Gasteiger partial charge in [-0.15, -0.1) is 0 Å². The molecule has 0 atom stereocenters. The van der Waals surface area contributed by atoms with Gasteiger partial charge in [0.2, 0.25) is 5.91 Å². The molecule has 1 rings (SSSR count). The van der Waals surface area contributed by atoms with E-state index < -0.39 is 0 Å². The van der Waals surface area contributed by atoms with Gasteiger partial charge in [-0.05, 0) is 36.1 Å². The summed E-state index contributed by atoms with van der Waals surface area (Å²) in [7, 11) is 0. The van der Waals surface area contributed by atoms with Crippen LogP contribution in [0.3, 0.4) is 0 Å². The third kappa shape index (κ3) is 3.62. The molecule has 3 nitrogen and oxygen atoms in total. The van der Waals surface area contributed by atoms with Crippen LogP contribution in [0.2, 0.25) is 0 Å². The van der Waals surface area contributed by atoms with Crippen molar-refractivity contribution in [1.29, 1.82) is 0 Å². The average molecular weight is 207 g/mol. The lowest BCUT2D eigenvalue weighted by Gasteiger charge is -2.10. The van der Waals surface area contributed by atoms with Gasteiger partial charge in [-0.25, -0.2) is 0 Å². The molecule has 0 aliphatic heterocycles. The number of phenolic OH excluding ortho intramolecular Hbond substituents is 1. The number of carbonyl (C=O) groups excluding carboxylic acids is 1. The number of nitrogens with one attached hydrogen (secondary N) is 1. The minimum absolute atomic E-state index is 0.101. The second-order valence-electron chi connectivity index (χ2n) is 4.12. The van der Waals surface area contributed by atoms with Crippen molar-refractivity contribution < 1.29 is 9.90 Å². The Bertz CT molecular complexity index is 359. The lowest BCUT2D eigenvalue weighted by Crippen LogP contribution is -2.06. The summed E-state index contributed by atoms with van der Waals surface area (Å²) >= 11 is 0. The highest BCUT2D eigenvalue weighted by Crippen LogP contribution is 2.24. The second-order valence-corrected chi connectivity index (χ2v) is 4.12. The zero-order chi connectivity index (χ0) is 11.4. The number of carbonyl (C=O) groups is 1. The van der Waals surface area contributed by atoms with E-state index >= 15 is 0 Å². The van der Waals surface area contributed by atoms with Crippen LogP contribution in [0.1, 0.15) is 26.3 Å². The molecule has 1 aromatic rings. The van der Waals surface area contributed by atoms with Gasteiger partial charge in [0, 0.05) is 12.6 Å². The molecule has 0 aliphatic rings. The summed E-state index contributed by atoms with van der Waals surface area (Å²) in [6, 6.07) is 5.13. The van der Waals surface area contributed by atoms with E-state index in [1.165, 1.54) is 6.92 Å². The molecule has 3 heteroatoms. The summed E-state index contributed by atoms with van der Waals surface area (Å²) in [5.74, 6) is 0.664. The van der Waals surface area contributed by atoms with E-state index in [1.807, 2.05) is 6.07 Å². The molecule has 0 unspecified atom stereocenters. The summed E-state index contributed by atoms with van der Waals surface area (Å²) in [5, 5.41) is 12.3. The van der Waals surface area contributed by atoms with E-state index in [0.717, 1.165) is 17.7 Å². The molecule has 0 aromatic heterocycles. The zero-order valence-corrected chi connectivity index (χ0v) is 9.37. The summed E-state index contributed by atoms with van der Waals surface area (Å²) < 4.78 is 0. The summed E-state index contributed by atoms with van der Waals surface area (Å²) in [6.07, 6.45) is 0.805. The fourth-order valence-electron chi connectivity index (χ4n) is 1.47. The van der Waals surface area contributed by atoms with Crippen LogP contribution in [0, 0.1) is 5.92 Å². The molecule has 0 spiro atoms. The van der Waals surface area contributed by atoms with Crippen LogP contribution in [0.4, 0.5) is 5.69 Å². The highest BCUT2D eigenvalue weighted by molar-refractivity contribution is 5.88. The first-order valence-electron chi connectivity index (χ1n) is 5.08. The first-order chi connectivity index (χ1) is 6.99. The van der Waals surface area contributed by atoms with Crippen molar-refractivity contribution in [3.8, 4) is 5.75 Å².